The van der Waals surface area contributed by atoms with Gasteiger partial charge in [0.05, 0.1) is 21.8 Å². The number of carbonyl (C=O) groups excluding carboxylic acids is 1. The summed E-state index contributed by atoms with van der Waals surface area (Å²) >= 11 is 6.62. The number of pyridine rings is 1. The number of anilines is 1. The summed E-state index contributed by atoms with van der Waals surface area (Å²) in [6.07, 6.45) is 3.26. The Balaban J connectivity index is 2.05. The van der Waals surface area contributed by atoms with Crippen molar-refractivity contribution in [3.63, 3.8) is 0 Å². The molecule has 1 aromatic heterocycles. The lowest BCUT2D eigenvalue weighted by atomic mass is 9.91. The number of piperazine rings is 1. The second kappa shape index (κ2) is 7.46. The highest BCUT2D eigenvalue weighted by Gasteiger charge is 2.34. The number of carbonyl (C=O) groups is 2. The van der Waals surface area contributed by atoms with Crippen molar-refractivity contribution < 1.29 is 14.7 Å². The quantitative estimate of drug-likeness (QED) is 0.794. The second-order valence-corrected chi connectivity index (χ2v) is 8.16. The molecule has 1 fully saturated rings. The molecule has 3 heterocycles. The molecule has 1 aromatic carbocycles. The number of benzene rings is 1. The largest absolute Gasteiger partial charge is 0.477 e. The van der Waals surface area contributed by atoms with Crippen LogP contribution >= 0.6 is 11.6 Å². The van der Waals surface area contributed by atoms with Gasteiger partial charge in [0, 0.05) is 49.7 Å². The maximum atomic E-state index is 13.2. The number of nitrogens with one attached hydrogen (secondary N) is 1. The summed E-state index contributed by atoms with van der Waals surface area (Å²) in [5.74, 6) is -1.32. The third kappa shape index (κ3) is 3.13. The van der Waals surface area contributed by atoms with E-state index in [1.54, 1.807) is 4.57 Å². The topological polar surface area (TPSA) is 91.6 Å². The molecular weight excluding hydrogens is 394 g/mol. The van der Waals surface area contributed by atoms with E-state index in [1.807, 2.05) is 6.92 Å². The molecule has 0 amide bonds. The number of hydrogen-bond acceptors (Lipinski definition) is 5. The molecule has 0 bridgehead atoms. The number of carboxylic acid groups (broad SMARTS) is 1. The number of hydrogen-bond donors (Lipinski definition) is 2. The monoisotopic (exact) mass is 417 g/mol. The number of rotatable bonds is 4. The van der Waals surface area contributed by atoms with E-state index < -0.39 is 11.4 Å². The molecule has 154 valence electrons. The average molecular weight is 418 g/mol. The summed E-state index contributed by atoms with van der Waals surface area (Å²) in [7, 11) is 0. The Morgan fingerprint density at radius 1 is 1.31 bits per heavy atom. The molecule has 2 aliphatic rings. The van der Waals surface area contributed by atoms with E-state index in [9.17, 15) is 19.5 Å². The van der Waals surface area contributed by atoms with Crippen molar-refractivity contribution in [2.75, 3.05) is 24.5 Å². The summed E-state index contributed by atoms with van der Waals surface area (Å²) in [6.45, 7) is 6.26. The van der Waals surface area contributed by atoms with Crippen molar-refractivity contribution in [1.29, 1.82) is 0 Å². The summed E-state index contributed by atoms with van der Waals surface area (Å²) in [5, 5.41) is 13.5. The summed E-state index contributed by atoms with van der Waals surface area (Å²) < 4.78 is 1.80. The van der Waals surface area contributed by atoms with Crippen molar-refractivity contribution in [2.45, 2.75) is 45.2 Å². The number of ketones is 1. The standard InChI is InChI=1S/C21H24ClN3O4/c1-3-11-9-24(6-5-23-11)19-15(22)8-13-18-17(19)16(26)7-12(4-2)25(18)10-14(20(13)27)21(28)29/h8,10-12,23H,3-7,9H2,1-2H3,(H,28,29). The first-order valence-corrected chi connectivity index (χ1v) is 10.4. The molecular formula is C21H24ClN3O4. The molecule has 2 unspecified atom stereocenters. The molecule has 29 heavy (non-hydrogen) atoms. The van der Waals surface area contributed by atoms with Gasteiger partial charge in [0.2, 0.25) is 5.43 Å². The Bertz CT molecular complexity index is 1080. The zero-order valence-corrected chi connectivity index (χ0v) is 17.3. The van der Waals surface area contributed by atoms with Crippen molar-refractivity contribution in [3.05, 3.63) is 38.6 Å². The lowest BCUT2D eigenvalue weighted by Crippen LogP contribution is -2.51. The third-order valence-corrected chi connectivity index (χ3v) is 6.39. The number of aromatic carboxylic acids is 1. The van der Waals surface area contributed by atoms with Crippen LogP contribution in [0.3, 0.4) is 0 Å². The van der Waals surface area contributed by atoms with Gasteiger partial charge in [0.25, 0.3) is 0 Å². The van der Waals surface area contributed by atoms with E-state index in [0.717, 1.165) is 19.5 Å². The van der Waals surface area contributed by atoms with Crippen LogP contribution in [-0.4, -0.2) is 47.1 Å². The minimum atomic E-state index is -1.28. The summed E-state index contributed by atoms with van der Waals surface area (Å²) in [4.78, 5) is 39.8. The maximum absolute atomic E-state index is 13.2. The lowest BCUT2D eigenvalue weighted by Gasteiger charge is -2.38. The molecule has 2 aliphatic heterocycles. The number of nitrogens with zero attached hydrogens (tertiary/aromatic N) is 2. The number of aromatic nitrogens is 1. The maximum Gasteiger partial charge on any atom is 0.341 e. The van der Waals surface area contributed by atoms with E-state index in [1.165, 1.54) is 12.3 Å². The van der Waals surface area contributed by atoms with Crippen LogP contribution in [0, 0.1) is 0 Å². The smallest absolute Gasteiger partial charge is 0.341 e. The van der Waals surface area contributed by atoms with Crippen LogP contribution in [0.4, 0.5) is 5.69 Å². The minimum Gasteiger partial charge on any atom is -0.477 e. The summed E-state index contributed by atoms with van der Waals surface area (Å²) in [5.41, 5.74) is 0.718. The molecule has 0 aliphatic carbocycles. The molecule has 2 N–H and O–H groups in total. The molecule has 0 spiro atoms. The van der Waals surface area contributed by atoms with Gasteiger partial charge in [0.1, 0.15) is 5.56 Å². The van der Waals surface area contributed by atoms with Crippen LogP contribution in [0.5, 0.6) is 0 Å². The van der Waals surface area contributed by atoms with Gasteiger partial charge in [-0.3, -0.25) is 9.59 Å². The Morgan fingerprint density at radius 2 is 2.07 bits per heavy atom. The van der Waals surface area contributed by atoms with Crippen LogP contribution in [0.2, 0.25) is 5.02 Å². The highest BCUT2D eigenvalue weighted by molar-refractivity contribution is 6.36. The third-order valence-electron chi connectivity index (χ3n) is 6.10. The van der Waals surface area contributed by atoms with Crippen LogP contribution in [0.25, 0.3) is 10.9 Å². The Kier molecular flexibility index (Phi) is 5.12. The SMILES string of the molecule is CCC1CN(c2c(Cl)cc3c(=O)c(C(=O)O)cn4c3c2C(=O)CC4CC)CCN1. The average Bonchev–Trinajstić information content (AvgIpc) is 2.71. The fourth-order valence-electron chi connectivity index (χ4n) is 4.55. The first-order chi connectivity index (χ1) is 13.9. The lowest BCUT2D eigenvalue weighted by molar-refractivity contribution is 0.0694. The van der Waals surface area contributed by atoms with Crippen molar-refractivity contribution >= 4 is 39.9 Å². The van der Waals surface area contributed by atoms with Crippen molar-refractivity contribution in [3.8, 4) is 0 Å². The fraction of sp³-hybridized carbons (Fsp3) is 0.476. The van der Waals surface area contributed by atoms with E-state index in [2.05, 4.69) is 17.1 Å². The predicted octanol–water partition coefficient (Wildman–Crippen LogP) is 3.08. The molecule has 0 radical (unpaired) electrons. The van der Waals surface area contributed by atoms with Gasteiger partial charge in [-0.05, 0) is 18.9 Å². The zero-order chi connectivity index (χ0) is 20.9. The van der Waals surface area contributed by atoms with Crippen molar-refractivity contribution in [1.82, 2.24) is 9.88 Å². The van der Waals surface area contributed by atoms with Gasteiger partial charge in [0.15, 0.2) is 5.78 Å². The molecule has 8 heteroatoms. The van der Waals surface area contributed by atoms with Gasteiger partial charge in [-0.25, -0.2) is 4.79 Å². The highest BCUT2D eigenvalue weighted by atomic mass is 35.5. The normalized spacial score (nSPS) is 21.6. The number of carboxylic acids is 1. The van der Waals surface area contributed by atoms with E-state index in [-0.39, 0.29) is 29.2 Å². The second-order valence-electron chi connectivity index (χ2n) is 7.76. The number of Topliss-reactive ketones (excluding diaryl/α,β-unsaturated/α-hetero) is 1. The van der Waals surface area contributed by atoms with Gasteiger partial charge in [-0.15, -0.1) is 0 Å². The Hall–Kier alpha value is -2.38. The molecule has 4 rings (SSSR count). The fourth-order valence-corrected chi connectivity index (χ4v) is 4.87. The van der Waals surface area contributed by atoms with E-state index >= 15 is 0 Å². The molecule has 0 saturated carbocycles. The van der Waals surface area contributed by atoms with Crippen LogP contribution in [-0.2, 0) is 0 Å². The summed E-state index contributed by atoms with van der Waals surface area (Å²) in [6, 6.07) is 1.65. The first-order valence-electron chi connectivity index (χ1n) is 10.0. The van der Waals surface area contributed by atoms with E-state index in [0.29, 0.717) is 40.8 Å². The molecule has 1 saturated heterocycles. The molecule has 7 nitrogen and oxygen atoms in total. The Labute approximate surface area is 173 Å². The van der Waals surface area contributed by atoms with Gasteiger partial charge in [-0.1, -0.05) is 25.4 Å². The predicted molar refractivity (Wildman–Crippen MR) is 113 cm³/mol. The van der Waals surface area contributed by atoms with Crippen LogP contribution in [0.1, 0.15) is 59.9 Å². The zero-order valence-electron chi connectivity index (χ0n) is 16.5. The van der Waals surface area contributed by atoms with Gasteiger partial charge < -0.3 is 19.9 Å². The van der Waals surface area contributed by atoms with Gasteiger partial charge >= 0.3 is 5.97 Å². The van der Waals surface area contributed by atoms with Crippen LogP contribution in [0.15, 0.2) is 17.1 Å². The van der Waals surface area contributed by atoms with E-state index in [4.69, 9.17) is 11.6 Å². The van der Waals surface area contributed by atoms with Crippen molar-refractivity contribution in [2.24, 2.45) is 0 Å². The number of halogens is 1. The molecule has 2 aromatic rings. The Morgan fingerprint density at radius 3 is 2.72 bits per heavy atom. The van der Waals surface area contributed by atoms with Gasteiger partial charge in [-0.2, -0.15) is 0 Å². The first kappa shape index (κ1) is 19.9. The minimum absolute atomic E-state index is 0.0478. The molecule has 2 atom stereocenters. The van der Waals surface area contributed by atoms with Crippen LogP contribution < -0.4 is 15.6 Å². The highest BCUT2D eigenvalue weighted by Crippen LogP contribution is 2.41.